The molecule has 29 heavy (non-hydrogen) atoms. The topological polar surface area (TPSA) is 77.0 Å². The number of nitrogens with one attached hydrogen (secondary N) is 1. The maximum absolute atomic E-state index is 12.9. The molecule has 6 nitrogen and oxygen atoms in total. The van der Waals surface area contributed by atoms with E-state index in [9.17, 15) is 4.79 Å². The Bertz CT molecular complexity index is 991. The van der Waals surface area contributed by atoms with Crippen molar-refractivity contribution in [1.29, 1.82) is 0 Å². The molecule has 0 bridgehead atoms. The number of amides is 1. The lowest BCUT2D eigenvalue weighted by Gasteiger charge is -2.14. The average Bonchev–Trinajstić information content (AvgIpc) is 3.24. The molecule has 1 fully saturated rings. The van der Waals surface area contributed by atoms with E-state index in [-0.39, 0.29) is 11.9 Å². The minimum absolute atomic E-state index is 0.151. The maximum Gasteiger partial charge on any atom is 0.321 e. The molecular weight excluding hydrogens is 384 g/mol. The third kappa shape index (κ3) is 4.92. The third-order valence-electron chi connectivity index (χ3n) is 4.79. The Kier molecular flexibility index (Phi) is 6.05. The van der Waals surface area contributed by atoms with Crippen molar-refractivity contribution in [2.45, 2.75) is 42.9 Å². The van der Waals surface area contributed by atoms with Crippen molar-refractivity contribution in [1.82, 2.24) is 15.0 Å². The number of carbonyl (C=O) groups is 1. The van der Waals surface area contributed by atoms with Crippen LogP contribution in [-0.4, -0.2) is 26.1 Å². The van der Waals surface area contributed by atoms with Crippen LogP contribution in [0.4, 0.5) is 5.69 Å². The highest BCUT2D eigenvalue weighted by molar-refractivity contribution is 7.99. The summed E-state index contributed by atoms with van der Waals surface area (Å²) in [5, 5.41) is 4.36. The Hall–Kier alpha value is -2.93. The van der Waals surface area contributed by atoms with E-state index < -0.39 is 0 Å². The summed E-state index contributed by atoms with van der Waals surface area (Å²) in [6.45, 7) is 1.92. The number of aromatic nitrogens is 3. The van der Waals surface area contributed by atoms with Crippen molar-refractivity contribution < 1.29 is 9.53 Å². The Balaban J connectivity index is 1.47. The summed E-state index contributed by atoms with van der Waals surface area (Å²) in [6.07, 6.45) is 9.89. The van der Waals surface area contributed by atoms with Crippen LogP contribution in [0.3, 0.4) is 0 Å². The first-order valence-electron chi connectivity index (χ1n) is 9.67. The van der Waals surface area contributed by atoms with Crippen LogP contribution in [0, 0.1) is 6.92 Å². The van der Waals surface area contributed by atoms with E-state index in [4.69, 9.17) is 4.74 Å². The predicted molar refractivity (Wildman–Crippen MR) is 114 cm³/mol. The normalized spacial score (nSPS) is 14.0. The minimum Gasteiger partial charge on any atom is -0.424 e. The van der Waals surface area contributed by atoms with Crippen molar-refractivity contribution in [3.8, 4) is 11.8 Å². The van der Waals surface area contributed by atoms with Gasteiger partial charge in [-0.05, 0) is 61.7 Å². The molecule has 0 aliphatic heterocycles. The third-order valence-corrected chi connectivity index (χ3v) is 6.15. The molecule has 0 unspecified atom stereocenters. The molecule has 4 rings (SSSR count). The number of aryl methyl sites for hydroxylation is 1. The lowest BCUT2D eigenvalue weighted by atomic mass is 10.1. The first-order chi connectivity index (χ1) is 14.2. The van der Waals surface area contributed by atoms with Gasteiger partial charge in [0.2, 0.25) is 0 Å². The quantitative estimate of drug-likeness (QED) is 0.602. The highest BCUT2D eigenvalue weighted by Crippen LogP contribution is 2.35. The molecule has 1 aliphatic rings. The number of benzene rings is 1. The molecule has 1 aliphatic carbocycles. The Morgan fingerprint density at radius 1 is 1.07 bits per heavy atom. The van der Waals surface area contributed by atoms with Gasteiger partial charge in [-0.25, -0.2) is 15.0 Å². The van der Waals surface area contributed by atoms with Gasteiger partial charge in [0.25, 0.3) is 5.91 Å². The number of ether oxygens (including phenoxy) is 1. The fraction of sp³-hybridized carbons (Fsp3) is 0.273. The molecule has 2 aromatic heterocycles. The van der Waals surface area contributed by atoms with E-state index in [1.165, 1.54) is 25.7 Å². The molecule has 1 N–H and O–H groups in total. The van der Waals surface area contributed by atoms with Gasteiger partial charge in [-0.3, -0.25) is 4.79 Å². The average molecular weight is 407 g/mol. The Morgan fingerprint density at radius 2 is 1.83 bits per heavy atom. The number of thioether (sulfide) groups is 1. The van der Waals surface area contributed by atoms with Gasteiger partial charge >= 0.3 is 6.01 Å². The predicted octanol–water partition coefficient (Wildman–Crippen LogP) is 5.26. The molecule has 0 radical (unpaired) electrons. The summed E-state index contributed by atoms with van der Waals surface area (Å²) < 4.78 is 5.65. The number of hydrogen-bond acceptors (Lipinski definition) is 6. The van der Waals surface area contributed by atoms with E-state index >= 15 is 0 Å². The van der Waals surface area contributed by atoms with Crippen LogP contribution in [0.5, 0.6) is 11.8 Å². The van der Waals surface area contributed by atoms with Crippen molar-refractivity contribution in [2.24, 2.45) is 0 Å². The summed E-state index contributed by atoms with van der Waals surface area (Å²) in [5.41, 5.74) is 2.24. The number of anilines is 1. The van der Waals surface area contributed by atoms with Crippen LogP contribution in [0.25, 0.3) is 0 Å². The van der Waals surface area contributed by atoms with Crippen LogP contribution >= 0.6 is 11.8 Å². The van der Waals surface area contributed by atoms with Gasteiger partial charge in [0, 0.05) is 29.5 Å². The van der Waals surface area contributed by atoms with Crippen LogP contribution in [0.2, 0.25) is 0 Å². The van der Waals surface area contributed by atoms with Gasteiger partial charge in [0.05, 0.1) is 5.56 Å². The number of pyridine rings is 1. The zero-order valence-electron chi connectivity index (χ0n) is 16.2. The monoisotopic (exact) mass is 406 g/mol. The molecule has 0 saturated heterocycles. The maximum atomic E-state index is 12.9. The number of rotatable bonds is 6. The molecule has 0 atom stereocenters. The smallest absolute Gasteiger partial charge is 0.321 e. The van der Waals surface area contributed by atoms with Gasteiger partial charge in [0.15, 0.2) is 0 Å². The summed E-state index contributed by atoms with van der Waals surface area (Å²) in [6, 6.07) is 11.1. The van der Waals surface area contributed by atoms with Crippen LogP contribution < -0.4 is 10.1 Å². The molecule has 1 aromatic carbocycles. The molecule has 2 heterocycles. The molecule has 1 amide bonds. The zero-order chi connectivity index (χ0) is 20.1. The van der Waals surface area contributed by atoms with E-state index in [0.29, 0.717) is 16.6 Å². The molecule has 1 saturated carbocycles. The summed E-state index contributed by atoms with van der Waals surface area (Å²) in [4.78, 5) is 25.5. The van der Waals surface area contributed by atoms with E-state index in [0.717, 1.165) is 16.3 Å². The van der Waals surface area contributed by atoms with Crippen LogP contribution in [-0.2, 0) is 0 Å². The number of nitrogens with zero attached hydrogens (tertiary/aromatic N) is 3. The highest BCUT2D eigenvalue weighted by atomic mass is 32.2. The first-order valence-corrected chi connectivity index (χ1v) is 10.6. The fourth-order valence-electron chi connectivity index (χ4n) is 3.29. The van der Waals surface area contributed by atoms with Crippen molar-refractivity contribution in [3.05, 3.63) is 66.1 Å². The lowest BCUT2D eigenvalue weighted by Crippen LogP contribution is -2.15. The lowest BCUT2D eigenvalue weighted by molar-refractivity contribution is 0.102. The van der Waals surface area contributed by atoms with Crippen molar-refractivity contribution in [3.63, 3.8) is 0 Å². The van der Waals surface area contributed by atoms with Gasteiger partial charge in [-0.2, -0.15) is 0 Å². The van der Waals surface area contributed by atoms with Gasteiger partial charge < -0.3 is 10.1 Å². The molecule has 7 heteroatoms. The van der Waals surface area contributed by atoms with E-state index in [1.54, 1.807) is 48.6 Å². The molecular formula is C22H22N4O2S. The number of hydrogen-bond donors (Lipinski definition) is 1. The first kappa shape index (κ1) is 19.4. The second-order valence-corrected chi connectivity index (χ2v) is 8.23. The van der Waals surface area contributed by atoms with Gasteiger partial charge in [-0.15, -0.1) is 11.8 Å². The Morgan fingerprint density at radius 3 is 2.59 bits per heavy atom. The van der Waals surface area contributed by atoms with E-state index in [2.05, 4.69) is 20.3 Å². The standard InChI is InChI=1S/C22H22N4O2S/c1-15-14-16(28-22-24-12-5-13-25-22)9-10-19(15)26-20(27)18-8-4-11-23-21(18)29-17-6-2-3-7-17/h4-5,8-14,17H,2-3,6-7H2,1H3,(H,26,27). The molecule has 0 spiro atoms. The largest absolute Gasteiger partial charge is 0.424 e. The molecule has 148 valence electrons. The van der Waals surface area contributed by atoms with Crippen LogP contribution in [0.15, 0.2) is 60.0 Å². The van der Waals surface area contributed by atoms with Gasteiger partial charge in [0.1, 0.15) is 10.8 Å². The van der Waals surface area contributed by atoms with Gasteiger partial charge in [-0.1, -0.05) is 12.8 Å². The van der Waals surface area contributed by atoms with Crippen molar-refractivity contribution >= 4 is 23.4 Å². The SMILES string of the molecule is Cc1cc(Oc2ncccn2)ccc1NC(=O)c1cccnc1SC1CCCC1. The second kappa shape index (κ2) is 9.05. The summed E-state index contributed by atoms with van der Waals surface area (Å²) in [7, 11) is 0. The second-order valence-electron chi connectivity index (χ2n) is 6.94. The Labute approximate surface area is 174 Å². The summed E-state index contributed by atoms with van der Waals surface area (Å²) >= 11 is 1.72. The highest BCUT2D eigenvalue weighted by Gasteiger charge is 2.21. The zero-order valence-corrected chi connectivity index (χ0v) is 17.0. The van der Waals surface area contributed by atoms with Crippen molar-refractivity contribution in [2.75, 3.05) is 5.32 Å². The van der Waals surface area contributed by atoms with Crippen LogP contribution in [0.1, 0.15) is 41.6 Å². The van der Waals surface area contributed by atoms with E-state index in [1.807, 2.05) is 25.1 Å². The number of carbonyl (C=O) groups excluding carboxylic acids is 1. The molecule has 3 aromatic rings. The fourth-order valence-corrected chi connectivity index (χ4v) is 4.59. The summed E-state index contributed by atoms with van der Waals surface area (Å²) in [5.74, 6) is 0.465. The minimum atomic E-state index is -0.151.